The Morgan fingerprint density at radius 1 is 1.33 bits per heavy atom. The Bertz CT molecular complexity index is 582. The molecule has 1 atom stereocenters. The molecule has 2 rings (SSSR count). The van der Waals surface area contributed by atoms with Gasteiger partial charge in [-0.05, 0) is 51.3 Å². The monoisotopic (exact) mass is 344 g/mol. The van der Waals surface area contributed by atoms with Crippen molar-refractivity contribution in [3.63, 3.8) is 0 Å². The van der Waals surface area contributed by atoms with E-state index >= 15 is 0 Å². The van der Waals surface area contributed by atoms with Gasteiger partial charge in [-0.3, -0.25) is 0 Å². The minimum Gasteiger partial charge on any atom is -0.444 e. The molecule has 1 N–H and O–H groups in total. The van der Waals surface area contributed by atoms with Crippen molar-refractivity contribution in [2.75, 3.05) is 24.5 Å². The average molecular weight is 344 g/mol. The molecule has 0 bridgehead atoms. The number of carbonyl (C=O) groups excluding carboxylic acids is 1. The van der Waals surface area contributed by atoms with Crippen molar-refractivity contribution in [3.8, 4) is 0 Å². The van der Waals surface area contributed by atoms with Crippen molar-refractivity contribution in [1.82, 2.24) is 5.32 Å². The highest BCUT2D eigenvalue weighted by molar-refractivity contribution is 5.67. The highest BCUT2D eigenvalue weighted by atomic mass is 19.4. The molecule has 134 valence electrons. The van der Waals surface area contributed by atoms with Gasteiger partial charge in [0, 0.05) is 25.3 Å². The van der Waals surface area contributed by atoms with Gasteiger partial charge in [0.2, 0.25) is 0 Å². The molecule has 7 heteroatoms. The molecule has 0 aliphatic carbocycles. The van der Waals surface area contributed by atoms with Gasteiger partial charge in [-0.25, -0.2) is 4.79 Å². The van der Waals surface area contributed by atoms with Crippen LogP contribution in [0.25, 0.3) is 0 Å². The van der Waals surface area contributed by atoms with Gasteiger partial charge in [-0.15, -0.1) is 0 Å². The van der Waals surface area contributed by atoms with E-state index in [9.17, 15) is 18.0 Å². The highest BCUT2D eigenvalue weighted by Gasteiger charge is 2.31. The van der Waals surface area contributed by atoms with Gasteiger partial charge in [0.25, 0.3) is 0 Å². The van der Waals surface area contributed by atoms with Gasteiger partial charge >= 0.3 is 12.3 Å². The first-order valence-electron chi connectivity index (χ1n) is 7.94. The Hall–Kier alpha value is -1.92. The number of ether oxygens (including phenoxy) is 1. The minimum atomic E-state index is -4.34. The van der Waals surface area contributed by atoms with E-state index in [1.807, 2.05) is 4.90 Å². The van der Waals surface area contributed by atoms with Crippen molar-refractivity contribution < 1.29 is 22.7 Å². The zero-order chi connectivity index (χ0) is 18.0. The third-order valence-corrected chi connectivity index (χ3v) is 3.76. The fraction of sp³-hybridized carbons (Fsp3) is 0.588. The van der Waals surface area contributed by atoms with E-state index in [0.29, 0.717) is 25.3 Å². The van der Waals surface area contributed by atoms with Crippen LogP contribution >= 0.6 is 0 Å². The number of carbonyl (C=O) groups is 1. The summed E-state index contributed by atoms with van der Waals surface area (Å²) in [6, 6.07) is 5.34. The lowest BCUT2D eigenvalue weighted by atomic mass is 10.1. The Morgan fingerprint density at radius 3 is 2.67 bits per heavy atom. The molecule has 0 aromatic heterocycles. The van der Waals surface area contributed by atoms with E-state index in [4.69, 9.17) is 4.74 Å². The lowest BCUT2D eigenvalue weighted by molar-refractivity contribution is -0.137. The first-order chi connectivity index (χ1) is 11.0. The van der Waals surface area contributed by atoms with Crippen molar-refractivity contribution in [2.24, 2.45) is 5.92 Å². The summed E-state index contributed by atoms with van der Waals surface area (Å²) in [5, 5.41) is 2.72. The van der Waals surface area contributed by atoms with Gasteiger partial charge in [0.05, 0.1) is 5.56 Å². The molecular formula is C17H23F3N2O2. The minimum absolute atomic E-state index is 0.187. The molecule has 0 radical (unpaired) electrons. The summed E-state index contributed by atoms with van der Waals surface area (Å²) in [6.07, 6.45) is -4.00. The van der Waals surface area contributed by atoms with Crippen LogP contribution in [0.5, 0.6) is 0 Å². The second kappa shape index (κ2) is 6.91. The van der Waals surface area contributed by atoms with E-state index in [1.165, 1.54) is 12.1 Å². The number of alkyl carbamates (subject to hydrolysis) is 1. The predicted molar refractivity (Wildman–Crippen MR) is 86.0 cm³/mol. The number of benzene rings is 1. The number of nitrogens with zero attached hydrogens (tertiary/aromatic N) is 1. The second-order valence-corrected chi connectivity index (χ2v) is 7.03. The van der Waals surface area contributed by atoms with Crippen LogP contribution in [0.15, 0.2) is 24.3 Å². The molecule has 1 fully saturated rings. The van der Waals surface area contributed by atoms with Crippen molar-refractivity contribution in [3.05, 3.63) is 29.8 Å². The largest absolute Gasteiger partial charge is 0.444 e. The van der Waals surface area contributed by atoms with Gasteiger partial charge in [-0.2, -0.15) is 13.2 Å². The molecule has 1 aliphatic heterocycles. The molecule has 1 aromatic carbocycles. The van der Waals surface area contributed by atoms with Crippen molar-refractivity contribution in [2.45, 2.75) is 39.0 Å². The molecule has 1 heterocycles. The van der Waals surface area contributed by atoms with Crippen LogP contribution in [0.1, 0.15) is 32.8 Å². The Morgan fingerprint density at radius 2 is 2.04 bits per heavy atom. The molecule has 1 unspecified atom stereocenters. The quantitative estimate of drug-likeness (QED) is 0.899. The third kappa shape index (κ3) is 5.32. The summed E-state index contributed by atoms with van der Waals surface area (Å²) >= 11 is 0. The molecule has 1 aromatic rings. The molecule has 4 nitrogen and oxygen atoms in total. The summed E-state index contributed by atoms with van der Waals surface area (Å²) in [4.78, 5) is 13.6. The number of amides is 1. The van der Waals surface area contributed by atoms with E-state index in [1.54, 1.807) is 26.8 Å². The molecule has 0 spiro atoms. The zero-order valence-electron chi connectivity index (χ0n) is 14.1. The van der Waals surface area contributed by atoms with E-state index in [0.717, 1.165) is 12.5 Å². The lowest BCUT2D eigenvalue weighted by Crippen LogP contribution is -2.36. The molecule has 1 aliphatic rings. The highest BCUT2D eigenvalue weighted by Crippen LogP contribution is 2.33. The maximum absolute atomic E-state index is 12.8. The van der Waals surface area contributed by atoms with Crippen molar-refractivity contribution >= 4 is 11.8 Å². The summed E-state index contributed by atoms with van der Waals surface area (Å²) in [6.45, 7) is 7.09. The normalized spacial score (nSPS) is 18.6. The lowest BCUT2D eigenvalue weighted by Gasteiger charge is -2.22. The van der Waals surface area contributed by atoms with E-state index < -0.39 is 23.4 Å². The maximum atomic E-state index is 12.8. The maximum Gasteiger partial charge on any atom is 0.416 e. The van der Waals surface area contributed by atoms with Crippen LogP contribution in [-0.4, -0.2) is 31.3 Å². The number of anilines is 1. The second-order valence-electron chi connectivity index (χ2n) is 7.03. The van der Waals surface area contributed by atoms with Crippen molar-refractivity contribution in [1.29, 1.82) is 0 Å². The Balaban J connectivity index is 1.88. The third-order valence-electron chi connectivity index (χ3n) is 3.76. The van der Waals surface area contributed by atoms with Crippen LogP contribution in [-0.2, 0) is 10.9 Å². The van der Waals surface area contributed by atoms with Crippen LogP contribution in [0.4, 0.5) is 23.7 Å². The van der Waals surface area contributed by atoms with Gasteiger partial charge in [0.1, 0.15) is 5.60 Å². The number of nitrogens with one attached hydrogen (secondary N) is 1. The smallest absolute Gasteiger partial charge is 0.416 e. The standard InChI is InChI=1S/C17H23F3N2O2/c1-16(2,3)24-15(23)21-10-12-7-8-22(11-12)14-6-4-5-13(9-14)17(18,19)20/h4-6,9,12H,7-8,10-11H2,1-3H3,(H,21,23). The van der Waals surface area contributed by atoms with Crippen LogP contribution in [0, 0.1) is 5.92 Å². The van der Waals surface area contributed by atoms with Crippen LogP contribution in [0.3, 0.4) is 0 Å². The number of hydrogen-bond acceptors (Lipinski definition) is 3. The summed E-state index contributed by atoms with van der Waals surface area (Å²) < 4.78 is 43.6. The van der Waals surface area contributed by atoms with Crippen LogP contribution < -0.4 is 10.2 Å². The number of hydrogen-bond donors (Lipinski definition) is 1. The Kier molecular flexibility index (Phi) is 5.30. The fourth-order valence-electron chi connectivity index (χ4n) is 2.65. The first kappa shape index (κ1) is 18.4. The average Bonchev–Trinajstić information content (AvgIpc) is 2.91. The SMILES string of the molecule is CC(C)(C)OC(=O)NCC1CCN(c2cccc(C(F)(F)F)c2)C1. The first-order valence-corrected chi connectivity index (χ1v) is 7.94. The topological polar surface area (TPSA) is 41.6 Å². The fourth-order valence-corrected chi connectivity index (χ4v) is 2.65. The van der Waals surface area contributed by atoms with Gasteiger partial charge in [0.15, 0.2) is 0 Å². The summed E-state index contributed by atoms with van der Waals surface area (Å²) in [7, 11) is 0. The molecule has 24 heavy (non-hydrogen) atoms. The Labute approximate surface area is 140 Å². The van der Waals surface area contributed by atoms with E-state index in [2.05, 4.69) is 5.32 Å². The molecule has 0 saturated carbocycles. The molecule has 1 saturated heterocycles. The summed E-state index contributed by atoms with van der Waals surface area (Å²) in [5.74, 6) is 0.187. The zero-order valence-corrected chi connectivity index (χ0v) is 14.1. The van der Waals surface area contributed by atoms with Crippen LogP contribution in [0.2, 0.25) is 0 Å². The number of rotatable bonds is 3. The number of alkyl halides is 3. The van der Waals surface area contributed by atoms with Gasteiger partial charge in [-0.1, -0.05) is 6.07 Å². The van der Waals surface area contributed by atoms with E-state index in [-0.39, 0.29) is 5.92 Å². The predicted octanol–water partition coefficient (Wildman–Crippen LogP) is 4.06. The molecule has 1 amide bonds. The summed E-state index contributed by atoms with van der Waals surface area (Å²) in [5.41, 5.74) is -0.635. The number of halogens is 3. The van der Waals surface area contributed by atoms with Gasteiger partial charge < -0.3 is 15.0 Å². The molecular weight excluding hydrogens is 321 g/mol.